The normalized spacial score (nSPS) is 19.9. The van der Waals surface area contributed by atoms with E-state index < -0.39 is 45.9 Å². The van der Waals surface area contributed by atoms with Crippen LogP contribution in [-0.4, -0.2) is 57.0 Å². The second-order valence-corrected chi connectivity index (χ2v) is 11.2. The van der Waals surface area contributed by atoms with E-state index in [9.17, 15) is 34.4 Å². The van der Waals surface area contributed by atoms with Gasteiger partial charge in [-0.25, -0.2) is 8.42 Å². The number of nitrogens with one attached hydrogen (secondary N) is 2. The van der Waals surface area contributed by atoms with Gasteiger partial charge >= 0.3 is 0 Å². The highest BCUT2D eigenvalue weighted by Gasteiger charge is 2.29. The van der Waals surface area contributed by atoms with E-state index in [1.54, 1.807) is 0 Å². The van der Waals surface area contributed by atoms with Gasteiger partial charge < -0.3 is 10.6 Å². The van der Waals surface area contributed by atoms with Crippen LogP contribution in [0.1, 0.15) is 12.0 Å². The fraction of sp³-hybridized carbons (Fsp3) is 0.417. The monoisotopic (exact) mass is 444 g/mol. The summed E-state index contributed by atoms with van der Waals surface area (Å²) in [4.78, 5) is -1.22. The summed E-state index contributed by atoms with van der Waals surface area (Å²) in [5.74, 6) is -0.162. The van der Waals surface area contributed by atoms with Gasteiger partial charge in [-0.2, -0.15) is 16.8 Å². The predicted octanol–water partition coefficient (Wildman–Crippen LogP) is -0.0381. The number of hydrogen-bond acceptors (Lipinski definition) is 7. The van der Waals surface area contributed by atoms with Crippen molar-refractivity contribution in [2.45, 2.75) is 29.2 Å². The van der Waals surface area contributed by atoms with Gasteiger partial charge in [0.2, 0.25) is 0 Å². The number of sulfone groups is 1. The number of thiocarbonyl (C=S) groups is 1. The Morgan fingerprint density at radius 1 is 1.15 bits per heavy atom. The Balaban J connectivity index is 2.36. The zero-order valence-electron chi connectivity index (χ0n) is 13.3. The molecule has 0 saturated carbocycles. The van der Waals surface area contributed by atoms with Crippen LogP contribution in [0.2, 0.25) is 0 Å². The van der Waals surface area contributed by atoms with Crippen molar-refractivity contribution in [3.63, 3.8) is 0 Å². The van der Waals surface area contributed by atoms with E-state index in [-0.39, 0.29) is 27.9 Å². The maximum absolute atomic E-state index is 11.5. The second kappa shape index (κ2) is 7.01. The van der Waals surface area contributed by atoms with Gasteiger partial charge in [-0.15, -0.1) is 0 Å². The second-order valence-electron chi connectivity index (χ2n) is 5.76. The van der Waals surface area contributed by atoms with Crippen molar-refractivity contribution < 1.29 is 34.4 Å². The van der Waals surface area contributed by atoms with Gasteiger partial charge in [0.25, 0.3) is 20.2 Å². The van der Waals surface area contributed by atoms with Gasteiger partial charge in [0, 0.05) is 6.04 Å². The molecule has 1 aliphatic rings. The van der Waals surface area contributed by atoms with E-state index in [0.29, 0.717) is 6.42 Å². The quantitative estimate of drug-likeness (QED) is 0.363. The fourth-order valence-corrected chi connectivity index (χ4v) is 5.90. The molecule has 0 aromatic heterocycles. The lowest BCUT2D eigenvalue weighted by Crippen LogP contribution is -2.38. The summed E-state index contributed by atoms with van der Waals surface area (Å²) in [6.45, 7) is 1.24. The van der Waals surface area contributed by atoms with Crippen molar-refractivity contribution in [2.75, 3.05) is 16.8 Å². The van der Waals surface area contributed by atoms with Gasteiger partial charge in [-0.3, -0.25) is 9.11 Å². The highest BCUT2D eigenvalue weighted by Crippen LogP contribution is 2.28. The molecule has 0 bridgehead atoms. The molecule has 146 valence electrons. The van der Waals surface area contributed by atoms with Crippen molar-refractivity contribution in [3.05, 3.63) is 17.7 Å². The standard InChI is InChI=1S/C12H16N2O8S4/c1-7-4-11(26(20,21)22)9(5-10(7)25(17,18)19)14-12(23)13-8-2-3-24(15,16)6-8/h4-5,8H,2-3,6H2,1H3,(H2,13,14,23)(H,17,18,19)(H,20,21,22). The summed E-state index contributed by atoms with van der Waals surface area (Å²) in [7, 11) is -12.6. The molecule has 1 aromatic carbocycles. The smallest absolute Gasteiger partial charge is 0.296 e. The molecule has 1 aliphatic heterocycles. The number of hydrogen-bond donors (Lipinski definition) is 4. The molecule has 0 amide bonds. The minimum atomic E-state index is -4.73. The molecule has 14 heteroatoms. The third kappa shape index (κ3) is 5.11. The molecule has 26 heavy (non-hydrogen) atoms. The highest BCUT2D eigenvalue weighted by molar-refractivity contribution is 7.91. The first kappa shape index (κ1) is 21.0. The van der Waals surface area contributed by atoms with Crippen LogP contribution in [0.4, 0.5) is 5.69 Å². The van der Waals surface area contributed by atoms with Crippen molar-refractivity contribution in [1.29, 1.82) is 0 Å². The molecular formula is C12H16N2O8S4. The topological polar surface area (TPSA) is 167 Å². The number of benzene rings is 1. The molecule has 1 heterocycles. The van der Waals surface area contributed by atoms with Crippen LogP contribution in [0.5, 0.6) is 0 Å². The third-order valence-electron chi connectivity index (χ3n) is 3.65. The van der Waals surface area contributed by atoms with E-state index >= 15 is 0 Å². The number of rotatable bonds is 4. The molecule has 2 rings (SSSR count). The van der Waals surface area contributed by atoms with E-state index in [2.05, 4.69) is 10.6 Å². The molecule has 0 aliphatic carbocycles. The van der Waals surface area contributed by atoms with Gasteiger partial charge in [-0.05, 0) is 43.3 Å². The van der Waals surface area contributed by atoms with Gasteiger partial charge in [0.15, 0.2) is 14.9 Å². The summed E-state index contributed by atoms with van der Waals surface area (Å²) in [5.41, 5.74) is -0.490. The van der Waals surface area contributed by atoms with Crippen molar-refractivity contribution >= 4 is 53.1 Å². The first-order valence-electron chi connectivity index (χ1n) is 7.06. The fourth-order valence-electron chi connectivity index (χ4n) is 2.50. The first-order valence-corrected chi connectivity index (χ1v) is 12.2. The van der Waals surface area contributed by atoms with Crippen LogP contribution in [0.25, 0.3) is 0 Å². The Bertz CT molecular complexity index is 1060. The van der Waals surface area contributed by atoms with Gasteiger partial charge in [0.05, 0.1) is 22.1 Å². The molecule has 1 unspecified atom stereocenters. The lowest BCUT2D eigenvalue weighted by atomic mass is 10.2. The average molecular weight is 445 g/mol. The molecular weight excluding hydrogens is 428 g/mol. The Labute approximate surface area is 156 Å². The molecule has 1 atom stereocenters. The average Bonchev–Trinajstić information content (AvgIpc) is 2.76. The molecule has 1 fully saturated rings. The molecule has 4 N–H and O–H groups in total. The summed E-state index contributed by atoms with van der Waals surface area (Å²) < 4.78 is 87.3. The zero-order valence-corrected chi connectivity index (χ0v) is 16.6. The first-order chi connectivity index (χ1) is 11.7. The summed E-state index contributed by atoms with van der Waals surface area (Å²) in [6.07, 6.45) is 0.305. The van der Waals surface area contributed by atoms with Crippen molar-refractivity contribution in [3.8, 4) is 0 Å². The minimum Gasteiger partial charge on any atom is -0.359 e. The van der Waals surface area contributed by atoms with Crippen LogP contribution in [-0.2, 0) is 30.1 Å². The number of aryl methyl sites for hydroxylation is 1. The number of anilines is 1. The SMILES string of the molecule is Cc1cc(S(=O)(=O)O)c(NC(=S)NC2CCS(=O)(=O)C2)cc1S(=O)(=O)O. The minimum absolute atomic E-state index is 0.0129. The molecule has 10 nitrogen and oxygen atoms in total. The predicted molar refractivity (Wildman–Crippen MR) is 97.2 cm³/mol. The zero-order chi connectivity index (χ0) is 19.9. The van der Waals surface area contributed by atoms with Gasteiger partial charge in [0.1, 0.15) is 4.90 Å². The molecule has 1 saturated heterocycles. The Morgan fingerprint density at radius 2 is 1.73 bits per heavy atom. The summed E-state index contributed by atoms with van der Waals surface area (Å²) in [5, 5.41) is 4.94. The largest absolute Gasteiger partial charge is 0.359 e. The molecule has 1 aromatic rings. The highest BCUT2D eigenvalue weighted by atomic mass is 32.2. The van der Waals surface area contributed by atoms with E-state index in [0.717, 1.165) is 12.1 Å². The molecule has 0 spiro atoms. The van der Waals surface area contributed by atoms with Crippen molar-refractivity contribution in [2.24, 2.45) is 0 Å². The lowest BCUT2D eigenvalue weighted by molar-refractivity contribution is 0.478. The van der Waals surface area contributed by atoms with Crippen molar-refractivity contribution in [1.82, 2.24) is 5.32 Å². The van der Waals surface area contributed by atoms with E-state index in [1.165, 1.54) is 6.92 Å². The maximum Gasteiger partial charge on any atom is 0.296 e. The summed E-state index contributed by atoms with van der Waals surface area (Å²) in [6, 6.07) is 1.19. The van der Waals surface area contributed by atoms with Crippen LogP contribution < -0.4 is 10.6 Å². The summed E-state index contributed by atoms with van der Waals surface area (Å²) >= 11 is 4.99. The van der Waals surface area contributed by atoms with Crippen LogP contribution >= 0.6 is 12.2 Å². The third-order valence-corrected chi connectivity index (χ3v) is 7.53. The Morgan fingerprint density at radius 3 is 2.19 bits per heavy atom. The van der Waals surface area contributed by atoms with Crippen LogP contribution in [0.15, 0.2) is 21.9 Å². The van der Waals surface area contributed by atoms with Gasteiger partial charge in [-0.1, -0.05) is 0 Å². The lowest BCUT2D eigenvalue weighted by Gasteiger charge is -2.17. The van der Waals surface area contributed by atoms with Crippen LogP contribution in [0, 0.1) is 6.92 Å². The Kier molecular flexibility index (Phi) is 5.66. The van der Waals surface area contributed by atoms with E-state index in [4.69, 9.17) is 12.2 Å². The maximum atomic E-state index is 11.5. The van der Waals surface area contributed by atoms with Crippen LogP contribution in [0.3, 0.4) is 0 Å². The molecule has 0 radical (unpaired) electrons. The Hall–Kier alpha value is -1.32. The van der Waals surface area contributed by atoms with E-state index in [1.807, 2.05) is 0 Å².